The number of rotatable bonds is 0. The minimum Gasteiger partial charge on any atom is -0.298 e. The van der Waals surface area contributed by atoms with Crippen LogP contribution < -0.4 is 0 Å². The van der Waals surface area contributed by atoms with Crippen molar-refractivity contribution in [1.82, 2.24) is 0 Å². The Balaban J connectivity index is 1.26. The topological polar surface area (TPSA) is 17.1 Å². The van der Waals surface area contributed by atoms with Gasteiger partial charge in [-0.05, 0) is 149 Å². The molecule has 7 aliphatic rings. The van der Waals surface area contributed by atoms with Crippen LogP contribution in [0.5, 0.6) is 0 Å². The predicted octanol–water partition coefficient (Wildman–Crippen LogP) is 10.5. The van der Waals surface area contributed by atoms with Gasteiger partial charge < -0.3 is 0 Å². The third-order valence-electron chi connectivity index (χ3n) is 13.6. The highest BCUT2D eigenvalue weighted by molar-refractivity contribution is 6.20. The second kappa shape index (κ2) is 7.88. The van der Waals surface area contributed by atoms with E-state index in [1.807, 2.05) is 0 Å². The first-order chi connectivity index (χ1) is 23.6. The minimum atomic E-state index is -0.206. The molecule has 4 unspecified atom stereocenters. The van der Waals surface area contributed by atoms with E-state index in [1.165, 1.54) is 122 Å². The molecule has 224 valence electrons. The summed E-state index contributed by atoms with van der Waals surface area (Å²) in [4.78, 5) is 15.9. The van der Waals surface area contributed by atoms with Crippen LogP contribution in [0.2, 0.25) is 0 Å². The van der Waals surface area contributed by atoms with Gasteiger partial charge in [0.25, 0.3) is 0 Å². The molecule has 0 fully saturated rings. The molecule has 0 aromatic heterocycles. The average molecular weight is 611 g/mol. The maximum Gasteiger partial charge on any atom is 0.155 e. The molecule has 1 nitrogen and oxygen atoms in total. The van der Waals surface area contributed by atoms with Crippen LogP contribution in [0, 0.1) is 13.8 Å². The summed E-state index contributed by atoms with van der Waals surface area (Å²) in [6.07, 6.45) is 1.74. The third-order valence-corrected chi connectivity index (χ3v) is 13.6. The number of ketones is 1. The van der Waals surface area contributed by atoms with Crippen LogP contribution in [0.15, 0.2) is 108 Å². The van der Waals surface area contributed by atoms with Gasteiger partial charge in [0.15, 0.2) is 5.78 Å². The molecule has 48 heavy (non-hydrogen) atoms. The van der Waals surface area contributed by atoms with Gasteiger partial charge in [0.05, 0.1) is 11.8 Å². The molecule has 0 amide bonds. The maximum atomic E-state index is 15.9. The van der Waals surface area contributed by atoms with Gasteiger partial charge in [0.1, 0.15) is 0 Å². The Morgan fingerprint density at radius 3 is 1.35 bits per heavy atom. The Labute approximate surface area is 279 Å². The van der Waals surface area contributed by atoms with Crippen molar-refractivity contribution in [3.05, 3.63) is 175 Å². The minimum absolute atomic E-state index is 0.177. The van der Waals surface area contributed by atoms with E-state index in [1.54, 1.807) is 0 Å². The monoisotopic (exact) mass is 610 g/mol. The quantitative estimate of drug-likeness (QED) is 0.167. The number of benzene rings is 6. The Hall–Kier alpha value is -5.27. The van der Waals surface area contributed by atoms with E-state index >= 15 is 4.79 Å². The highest BCUT2D eigenvalue weighted by atomic mass is 16.1. The number of carbonyl (C=O) groups is 1. The van der Waals surface area contributed by atoms with Gasteiger partial charge in [-0.25, -0.2) is 0 Å². The van der Waals surface area contributed by atoms with E-state index in [2.05, 4.69) is 111 Å². The fourth-order valence-corrected chi connectivity index (χ4v) is 12.2. The highest BCUT2D eigenvalue weighted by Gasteiger charge is 2.56. The molecule has 6 aromatic carbocycles. The lowest BCUT2D eigenvalue weighted by Crippen LogP contribution is -2.35. The molecule has 0 spiro atoms. The number of Topliss-reactive ketones (excluding diaryl/α,β-unsaturated/α-hetero) is 1. The molecule has 0 heterocycles. The van der Waals surface area contributed by atoms with Gasteiger partial charge >= 0.3 is 0 Å². The Morgan fingerprint density at radius 1 is 0.458 bits per heavy atom. The van der Waals surface area contributed by atoms with E-state index in [9.17, 15) is 0 Å². The lowest BCUT2D eigenvalue weighted by Gasteiger charge is -2.43. The number of carbonyl (C=O) groups excluding carboxylic acids is 1. The first-order valence-corrected chi connectivity index (χ1v) is 17.6. The first kappa shape index (κ1) is 24.8. The molecule has 6 aromatic rings. The fraction of sp³-hybridized carbons (Fsp3) is 0.170. The fourth-order valence-electron chi connectivity index (χ4n) is 12.2. The van der Waals surface area contributed by atoms with Crippen LogP contribution in [-0.4, -0.2) is 5.78 Å². The largest absolute Gasteiger partial charge is 0.298 e. The van der Waals surface area contributed by atoms with E-state index in [0.29, 0.717) is 5.78 Å². The summed E-state index contributed by atoms with van der Waals surface area (Å²) in [5.41, 5.74) is 27.8. The lowest BCUT2D eigenvalue weighted by molar-refractivity contribution is -0.120. The normalized spacial score (nSPS) is 23.3. The van der Waals surface area contributed by atoms with Crippen LogP contribution in [-0.2, 0) is 17.6 Å². The summed E-state index contributed by atoms with van der Waals surface area (Å²) in [7, 11) is 0. The molecule has 7 aliphatic carbocycles. The van der Waals surface area contributed by atoms with E-state index in [-0.39, 0.29) is 23.7 Å². The molecule has 0 saturated carbocycles. The van der Waals surface area contributed by atoms with Gasteiger partial charge in [0, 0.05) is 11.8 Å². The molecule has 0 saturated heterocycles. The average Bonchev–Trinajstić information content (AvgIpc) is 3.86. The summed E-state index contributed by atoms with van der Waals surface area (Å²) in [5, 5.41) is 2.84. The third kappa shape index (κ3) is 2.43. The summed E-state index contributed by atoms with van der Waals surface area (Å²) < 4.78 is 0. The van der Waals surface area contributed by atoms with Crippen molar-refractivity contribution in [3.8, 4) is 22.3 Å². The van der Waals surface area contributed by atoms with Crippen LogP contribution in [0.3, 0.4) is 0 Å². The molecule has 4 atom stereocenters. The molecular formula is C47H30O. The molecule has 0 radical (unpaired) electrons. The second-order valence-electron chi connectivity index (χ2n) is 15.3. The zero-order valence-electron chi connectivity index (χ0n) is 26.9. The summed E-state index contributed by atoms with van der Waals surface area (Å²) >= 11 is 0. The summed E-state index contributed by atoms with van der Waals surface area (Å²) in [5.74, 6) is 0.364. The van der Waals surface area contributed by atoms with E-state index in [4.69, 9.17) is 0 Å². The summed E-state index contributed by atoms with van der Waals surface area (Å²) in [6.45, 7) is 4.78. The highest BCUT2D eigenvalue weighted by Crippen LogP contribution is 2.70. The maximum absolute atomic E-state index is 15.9. The van der Waals surface area contributed by atoms with Crippen LogP contribution in [0.4, 0.5) is 0 Å². The smallest absolute Gasteiger partial charge is 0.155 e. The number of hydrogen-bond donors (Lipinski definition) is 0. The Bertz CT molecular complexity index is 2550. The molecule has 0 bridgehead atoms. The zero-order chi connectivity index (χ0) is 31.3. The van der Waals surface area contributed by atoms with Crippen LogP contribution >= 0.6 is 0 Å². The zero-order valence-corrected chi connectivity index (χ0v) is 26.9. The number of aryl methyl sites for hydroxylation is 2. The van der Waals surface area contributed by atoms with Crippen molar-refractivity contribution < 1.29 is 4.79 Å². The SMILES string of the molecule is Cc1c2c3c4c5c6c7c(c(C)c15)-c1ccccc1C7C1=C(Cc5ccccc51)C6C(=O)C4C1=C(c4ccccc4C1)C3c1ccccc1-2. The number of fused-ring (bicyclic) bond motifs is 14. The molecular weight excluding hydrogens is 581 g/mol. The standard InChI is InChI=1S/C47H30O/c1-21-33-22(2)35-28-16-8-10-18-30(28)39-37-26-14-6-4-12-24(26)20-32(37)41-46(44(35)39)42(33)45-40(47(41)48)31-19-23-11-3-5-13-25(23)36(31)38-29-17-9-7-15-27(29)34(21)43(38)45/h3-18,38-41H,19-20H2,1-2H3. The first-order valence-electron chi connectivity index (χ1n) is 17.6. The van der Waals surface area contributed by atoms with Gasteiger partial charge in [0.2, 0.25) is 0 Å². The van der Waals surface area contributed by atoms with Crippen LogP contribution in [0.1, 0.15) is 90.4 Å². The second-order valence-corrected chi connectivity index (χ2v) is 15.3. The van der Waals surface area contributed by atoms with Gasteiger partial charge in [-0.15, -0.1) is 0 Å². The van der Waals surface area contributed by atoms with Crippen molar-refractivity contribution in [3.63, 3.8) is 0 Å². The molecule has 0 aliphatic heterocycles. The Kier molecular flexibility index (Phi) is 4.08. The summed E-state index contributed by atoms with van der Waals surface area (Å²) in [6, 6.07) is 36.3. The predicted molar refractivity (Wildman–Crippen MR) is 193 cm³/mol. The van der Waals surface area contributed by atoms with Crippen molar-refractivity contribution in [1.29, 1.82) is 0 Å². The number of hydrogen-bond acceptors (Lipinski definition) is 1. The van der Waals surface area contributed by atoms with Crippen molar-refractivity contribution in [2.24, 2.45) is 0 Å². The Morgan fingerprint density at radius 2 is 0.875 bits per heavy atom. The van der Waals surface area contributed by atoms with Gasteiger partial charge in [-0.2, -0.15) is 0 Å². The molecule has 0 N–H and O–H groups in total. The van der Waals surface area contributed by atoms with Crippen molar-refractivity contribution in [2.45, 2.75) is 50.4 Å². The van der Waals surface area contributed by atoms with Crippen molar-refractivity contribution in [2.75, 3.05) is 0 Å². The van der Waals surface area contributed by atoms with Gasteiger partial charge in [-0.3, -0.25) is 4.79 Å². The lowest BCUT2D eigenvalue weighted by atomic mass is 9.58. The number of allylic oxidation sites excluding steroid dienone is 4. The van der Waals surface area contributed by atoms with E-state index in [0.717, 1.165) is 12.8 Å². The van der Waals surface area contributed by atoms with Crippen LogP contribution in [0.25, 0.3) is 44.2 Å². The van der Waals surface area contributed by atoms with E-state index < -0.39 is 0 Å². The van der Waals surface area contributed by atoms with Crippen molar-refractivity contribution >= 4 is 27.7 Å². The molecule has 1 heteroatoms. The molecule has 13 rings (SSSR count). The van der Waals surface area contributed by atoms with Gasteiger partial charge in [-0.1, -0.05) is 97.1 Å².